The Hall–Kier alpha value is -1.39. The molecule has 0 aromatic heterocycles. The van der Waals surface area contributed by atoms with Gasteiger partial charge in [0.2, 0.25) is 0 Å². The fourth-order valence-corrected chi connectivity index (χ4v) is 2.80. The van der Waals surface area contributed by atoms with Gasteiger partial charge in [0.05, 0.1) is 0 Å². The average Bonchev–Trinajstić information content (AvgIpc) is 2.37. The number of carboxylic acid groups (broad SMARTS) is 1. The third-order valence-electron chi connectivity index (χ3n) is 4.10. The molecule has 1 heterocycles. The Kier molecular flexibility index (Phi) is 4.22. The number of nitrogens with zero attached hydrogens (tertiary/aromatic N) is 2. The van der Waals surface area contributed by atoms with Gasteiger partial charge < -0.3 is 5.11 Å². The van der Waals surface area contributed by atoms with Crippen LogP contribution in [0.4, 0.5) is 0 Å². The third-order valence-corrected chi connectivity index (χ3v) is 4.10. The second kappa shape index (κ2) is 5.72. The van der Waals surface area contributed by atoms with Crippen LogP contribution in [0.15, 0.2) is 30.3 Å². The van der Waals surface area contributed by atoms with E-state index in [2.05, 4.69) is 30.7 Å². The van der Waals surface area contributed by atoms with Gasteiger partial charge in [0.25, 0.3) is 0 Å². The predicted molar refractivity (Wildman–Crippen MR) is 75.1 cm³/mol. The lowest BCUT2D eigenvalue weighted by atomic mass is 10.0. The number of piperazine rings is 1. The number of hydrogen-bond donors (Lipinski definition) is 1. The Bertz CT molecular complexity index is 423. The van der Waals surface area contributed by atoms with Crippen LogP contribution >= 0.6 is 0 Å². The molecule has 3 unspecified atom stereocenters. The van der Waals surface area contributed by atoms with Crippen LogP contribution < -0.4 is 0 Å². The number of benzene rings is 1. The molecule has 19 heavy (non-hydrogen) atoms. The summed E-state index contributed by atoms with van der Waals surface area (Å²) in [7, 11) is 2.10. The van der Waals surface area contributed by atoms with Crippen molar-refractivity contribution in [2.24, 2.45) is 0 Å². The molecule has 104 valence electrons. The second-order valence-corrected chi connectivity index (χ2v) is 5.47. The SMILES string of the molecule is CC1CN(C(C(=O)O)c2ccccc2)CC(C)N1C. The summed E-state index contributed by atoms with van der Waals surface area (Å²) in [4.78, 5) is 16.0. The quantitative estimate of drug-likeness (QED) is 0.902. The van der Waals surface area contributed by atoms with E-state index in [4.69, 9.17) is 0 Å². The highest BCUT2D eigenvalue weighted by atomic mass is 16.4. The largest absolute Gasteiger partial charge is 0.480 e. The number of rotatable bonds is 3. The van der Waals surface area contributed by atoms with Crippen LogP contribution in [0.3, 0.4) is 0 Å². The highest BCUT2D eigenvalue weighted by Crippen LogP contribution is 2.25. The van der Waals surface area contributed by atoms with Crippen LogP contribution in [0.25, 0.3) is 0 Å². The predicted octanol–water partition coefficient (Wildman–Crippen LogP) is 1.84. The minimum absolute atomic E-state index is 0.370. The van der Waals surface area contributed by atoms with Crippen molar-refractivity contribution in [1.82, 2.24) is 9.80 Å². The summed E-state index contributed by atoms with van der Waals surface area (Å²) in [6.07, 6.45) is 0. The summed E-state index contributed by atoms with van der Waals surface area (Å²) in [5.74, 6) is -0.768. The molecule has 3 atom stereocenters. The maximum atomic E-state index is 11.6. The summed E-state index contributed by atoms with van der Waals surface area (Å²) < 4.78 is 0. The second-order valence-electron chi connectivity index (χ2n) is 5.47. The van der Waals surface area contributed by atoms with E-state index >= 15 is 0 Å². The topological polar surface area (TPSA) is 43.8 Å². The first-order chi connectivity index (χ1) is 9.00. The van der Waals surface area contributed by atoms with Crippen molar-refractivity contribution in [1.29, 1.82) is 0 Å². The molecule has 2 rings (SSSR count). The van der Waals surface area contributed by atoms with Crippen molar-refractivity contribution in [3.8, 4) is 0 Å². The van der Waals surface area contributed by atoms with Crippen molar-refractivity contribution in [3.05, 3.63) is 35.9 Å². The Labute approximate surface area is 114 Å². The van der Waals surface area contributed by atoms with Crippen molar-refractivity contribution in [3.63, 3.8) is 0 Å². The zero-order valence-electron chi connectivity index (χ0n) is 11.8. The highest BCUT2D eigenvalue weighted by Gasteiger charge is 2.34. The molecule has 1 aromatic carbocycles. The van der Waals surface area contributed by atoms with Gasteiger partial charge in [-0.25, -0.2) is 0 Å². The van der Waals surface area contributed by atoms with E-state index in [0.29, 0.717) is 12.1 Å². The summed E-state index contributed by atoms with van der Waals surface area (Å²) in [5.41, 5.74) is 0.860. The first kappa shape index (κ1) is 14.0. The third kappa shape index (κ3) is 2.96. The van der Waals surface area contributed by atoms with Gasteiger partial charge in [0, 0.05) is 25.2 Å². The first-order valence-corrected chi connectivity index (χ1v) is 6.74. The van der Waals surface area contributed by atoms with Crippen molar-refractivity contribution >= 4 is 5.97 Å². The normalized spacial score (nSPS) is 27.1. The molecule has 1 aliphatic heterocycles. The van der Waals surface area contributed by atoms with Gasteiger partial charge in [0.1, 0.15) is 6.04 Å². The molecule has 1 aliphatic rings. The minimum atomic E-state index is -0.768. The number of aliphatic carboxylic acids is 1. The lowest BCUT2D eigenvalue weighted by Crippen LogP contribution is -2.56. The molecule has 4 heteroatoms. The molecule has 1 saturated heterocycles. The fourth-order valence-electron chi connectivity index (χ4n) is 2.80. The van der Waals surface area contributed by atoms with Crippen molar-refractivity contribution < 1.29 is 9.90 Å². The Morgan fingerprint density at radius 1 is 1.21 bits per heavy atom. The van der Waals surface area contributed by atoms with Crippen molar-refractivity contribution in [2.75, 3.05) is 20.1 Å². The van der Waals surface area contributed by atoms with E-state index in [1.54, 1.807) is 0 Å². The summed E-state index contributed by atoms with van der Waals surface area (Å²) in [6.45, 7) is 5.86. The summed E-state index contributed by atoms with van der Waals surface area (Å²) in [6, 6.07) is 9.70. The monoisotopic (exact) mass is 262 g/mol. The Balaban J connectivity index is 2.24. The summed E-state index contributed by atoms with van der Waals surface area (Å²) in [5, 5.41) is 9.56. The Morgan fingerprint density at radius 2 is 1.74 bits per heavy atom. The van der Waals surface area contributed by atoms with Gasteiger partial charge in [-0.1, -0.05) is 30.3 Å². The van der Waals surface area contributed by atoms with E-state index in [0.717, 1.165) is 18.7 Å². The number of carboxylic acids is 1. The maximum absolute atomic E-state index is 11.6. The van der Waals surface area contributed by atoms with E-state index in [-0.39, 0.29) is 0 Å². The van der Waals surface area contributed by atoms with E-state index in [9.17, 15) is 9.90 Å². The lowest BCUT2D eigenvalue weighted by molar-refractivity contribution is -0.145. The maximum Gasteiger partial charge on any atom is 0.325 e. The van der Waals surface area contributed by atoms with Crippen LogP contribution in [0, 0.1) is 0 Å². The molecule has 0 spiro atoms. The van der Waals surface area contributed by atoms with Gasteiger partial charge in [-0.05, 0) is 26.5 Å². The van der Waals surface area contributed by atoms with Gasteiger partial charge in [-0.15, -0.1) is 0 Å². The highest BCUT2D eigenvalue weighted by molar-refractivity contribution is 5.75. The zero-order valence-corrected chi connectivity index (χ0v) is 11.8. The van der Waals surface area contributed by atoms with Crippen molar-refractivity contribution in [2.45, 2.75) is 32.0 Å². The van der Waals surface area contributed by atoms with Gasteiger partial charge >= 0.3 is 5.97 Å². The molecule has 1 N–H and O–H groups in total. The van der Waals surface area contributed by atoms with E-state index in [1.807, 2.05) is 30.3 Å². The average molecular weight is 262 g/mol. The van der Waals surface area contributed by atoms with Crippen LogP contribution in [-0.2, 0) is 4.79 Å². The molecule has 0 saturated carbocycles. The molecule has 0 aliphatic carbocycles. The standard InChI is InChI=1S/C15H22N2O2/c1-11-9-17(10-12(2)16(11)3)14(15(18)19)13-7-5-4-6-8-13/h4-8,11-12,14H,9-10H2,1-3H3,(H,18,19). The van der Waals surface area contributed by atoms with Crippen LogP contribution in [0.2, 0.25) is 0 Å². The molecule has 1 aromatic rings. The fraction of sp³-hybridized carbons (Fsp3) is 0.533. The molecule has 4 nitrogen and oxygen atoms in total. The number of carbonyl (C=O) groups is 1. The van der Waals surface area contributed by atoms with E-state index < -0.39 is 12.0 Å². The molecular formula is C15H22N2O2. The molecule has 0 amide bonds. The number of hydrogen-bond acceptors (Lipinski definition) is 3. The number of likely N-dealkylation sites (N-methyl/N-ethyl adjacent to an activating group) is 1. The molecular weight excluding hydrogens is 240 g/mol. The summed E-state index contributed by atoms with van der Waals surface area (Å²) >= 11 is 0. The zero-order chi connectivity index (χ0) is 14.0. The van der Waals surface area contributed by atoms with Gasteiger partial charge in [-0.3, -0.25) is 14.6 Å². The Morgan fingerprint density at radius 3 is 2.21 bits per heavy atom. The smallest absolute Gasteiger partial charge is 0.325 e. The molecule has 1 fully saturated rings. The van der Waals surface area contributed by atoms with Crippen LogP contribution in [0.5, 0.6) is 0 Å². The lowest BCUT2D eigenvalue weighted by Gasteiger charge is -2.44. The van der Waals surface area contributed by atoms with Gasteiger partial charge in [-0.2, -0.15) is 0 Å². The van der Waals surface area contributed by atoms with Crippen LogP contribution in [0.1, 0.15) is 25.5 Å². The first-order valence-electron chi connectivity index (χ1n) is 6.74. The molecule has 0 bridgehead atoms. The van der Waals surface area contributed by atoms with Gasteiger partial charge in [0.15, 0.2) is 0 Å². The minimum Gasteiger partial charge on any atom is -0.480 e. The molecule has 0 radical (unpaired) electrons. The van der Waals surface area contributed by atoms with Crippen LogP contribution in [-0.4, -0.2) is 53.1 Å². The van der Waals surface area contributed by atoms with E-state index in [1.165, 1.54) is 0 Å².